The third-order valence-electron chi connectivity index (χ3n) is 4.71. The van der Waals surface area contributed by atoms with E-state index in [0.29, 0.717) is 4.47 Å². The number of aromatic nitrogens is 1. The number of rotatable bonds is 4. The number of carbonyl (C=O) groups excluding carboxylic acids is 1. The molecule has 0 fully saturated rings. The highest BCUT2D eigenvalue weighted by Gasteiger charge is 2.14. The smallest absolute Gasteiger partial charge is 0.275 e. The molecule has 144 valence electrons. The molecule has 0 saturated carbocycles. The van der Waals surface area contributed by atoms with Gasteiger partial charge < -0.3 is 9.67 Å². The van der Waals surface area contributed by atoms with Crippen LogP contribution in [0.3, 0.4) is 0 Å². The van der Waals surface area contributed by atoms with Gasteiger partial charge in [0, 0.05) is 21.4 Å². The molecule has 3 rings (SSSR count). The van der Waals surface area contributed by atoms with E-state index in [4.69, 9.17) is 0 Å². The predicted octanol–water partition coefficient (Wildman–Crippen LogP) is 4.94. The monoisotopic (exact) mass is 439 g/mol. The molecule has 0 atom stereocenters. The normalized spacial score (nSPS) is 11.2. The average Bonchev–Trinajstić information content (AvgIpc) is 2.91. The zero-order chi connectivity index (χ0) is 20.4. The number of phenols is 1. The Balaban J connectivity index is 1.86. The van der Waals surface area contributed by atoms with Crippen LogP contribution in [0.4, 0.5) is 0 Å². The molecule has 2 aromatic carbocycles. The Bertz CT molecular complexity index is 1060. The highest BCUT2D eigenvalue weighted by Crippen LogP contribution is 2.25. The van der Waals surface area contributed by atoms with Crippen molar-refractivity contribution in [3.8, 4) is 11.4 Å². The lowest BCUT2D eigenvalue weighted by molar-refractivity contribution is 0.0952. The van der Waals surface area contributed by atoms with Gasteiger partial charge in [-0.15, -0.1) is 0 Å². The van der Waals surface area contributed by atoms with Crippen LogP contribution in [0, 0.1) is 27.7 Å². The third kappa shape index (κ3) is 3.87. The summed E-state index contributed by atoms with van der Waals surface area (Å²) in [6.45, 7) is 8.27. The second-order valence-corrected chi connectivity index (χ2v) is 7.68. The molecule has 0 unspecified atom stereocenters. The van der Waals surface area contributed by atoms with Crippen LogP contribution >= 0.6 is 15.9 Å². The molecule has 2 N–H and O–H groups in total. The molecule has 0 aliphatic heterocycles. The van der Waals surface area contributed by atoms with Gasteiger partial charge in [0.15, 0.2) is 0 Å². The number of aryl methyl sites for hydroxylation is 3. The summed E-state index contributed by atoms with van der Waals surface area (Å²) in [6, 6.07) is 13.0. The molecule has 0 aliphatic rings. The average molecular weight is 440 g/mol. The molecule has 0 radical (unpaired) electrons. The van der Waals surface area contributed by atoms with Gasteiger partial charge in [-0.3, -0.25) is 4.79 Å². The summed E-state index contributed by atoms with van der Waals surface area (Å²) in [5.74, 6) is -0.567. The lowest BCUT2D eigenvalue weighted by Gasteiger charge is -2.15. The van der Waals surface area contributed by atoms with Crippen molar-refractivity contribution in [3.05, 3.63) is 80.6 Å². The minimum Gasteiger partial charge on any atom is -0.507 e. The predicted molar refractivity (Wildman–Crippen MR) is 116 cm³/mol. The highest BCUT2D eigenvalue weighted by molar-refractivity contribution is 9.10. The molecular weight excluding hydrogens is 418 g/mol. The van der Waals surface area contributed by atoms with Crippen molar-refractivity contribution < 1.29 is 9.90 Å². The lowest BCUT2D eigenvalue weighted by Crippen LogP contribution is -2.17. The number of para-hydroxylation sites is 1. The number of hydrogen-bond acceptors (Lipinski definition) is 3. The molecule has 28 heavy (non-hydrogen) atoms. The van der Waals surface area contributed by atoms with E-state index in [1.165, 1.54) is 22.9 Å². The number of halogens is 1. The van der Waals surface area contributed by atoms with Crippen LogP contribution in [0.5, 0.6) is 5.75 Å². The fraction of sp³-hybridized carbons (Fsp3) is 0.182. The molecule has 1 aromatic heterocycles. The fourth-order valence-electron chi connectivity index (χ4n) is 3.33. The Labute approximate surface area is 172 Å². The zero-order valence-corrected chi connectivity index (χ0v) is 17.8. The molecule has 3 aromatic rings. The highest BCUT2D eigenvalue weighted by atomic mass is 79.9. The summed E-state index contributed by atoms with van der Waals surface area (Å²) in [4.78, 5) is 12.3. The van der Waals surface area contributed by atoms with E-state index in [2.05, 4.69) is 63.1 Å². The van der Waals surface area contributed by atoms with Crippen molar-refractivity contribution in [3.63, 3.8) is 0 Å². The Hall–Kier alpha value is -2.86. The van der Waals surface area contributed by atoms with Crippen LogP contribution in [0.1, 0.15) is 38.4 Å². The first kappa shape index (κ1) is 19.9. The number of carbonyl (C=O) groups is 1. The van der Waals surface area contributed by atoms with Crippen LogP contribution in [-0.4, -0.2) is 21.8 Å². The van der Waals surface area contributed by atoms with Gasteiger partial charge in [0.25, 0.3) is 5.91 Å². The molecule has 1 amide bonds. The van der Waals surface area contributed by atoms with Crippen molar-refractivity contribution in [2.45, 2.75) is 27.7 Å². The number of hydrazone groups is 1. The number of phenolic OH excluding ortho intramolecular Hbond substituents is 1. The first-order valence-electron chi connectivity index (χ1n) is 8.87. The van der Waals surface area contributed by atoms with Crippen molar-refractivity contribution >= 4 is 28.1 Å². The van der Waals surface area contributed by atoms with Crippen LogP contribution in [0.25, 0.3) is 5.69 Å². The summed E-state index contributed by atoms with van der Waals surface area (Å²) >= 11 is 3.29. The summed E-state index contributed by atoms with van der Waals surface area (Å²) in [5.41, 5.74) is 9.24. The molecule has 0 bridgehead atoms. The molecule has 6 heteroatoms. The minimum atomic E-state index is -0.474. The minimum absolute atomic E-state index is 0.0934. The van der Waals surface area contributed by atoms with E-state index in [1.807, 2.05) is 19.9 Å². The first-order chi connectivity index (χ1) is 13.3. The fourth-order valence-corrected chi connectivity index (χ4v) is 3.69. The van der Waals surface area contributed by atoms with Gasteiger partial charge in [0.1, 0.15) is 5.75 Å². The van der Waals surface area contributed by atoms with Crippen molar-refractivity contribution in [1.82, 2.24) is 9.99 Å². The van der Waals surface area contributed by atoms with Gasteiger partial charge in [-0.1, -0.05) is 34.1 Å². The maximum Gasteiger partial charge on any atom is 0.275 e. The number of nitrogens with zero attached hydrogens (tertiary/aromatic N) is 2. The topological polar surface area (TPSA) is 66.6 Å². The summed E-state index contributed by atoms with van der Waals surface area (Å²) in [6.07, 6.45) is 1.62. The van der Waals surface area contributed by atoms with Gasteiger partial charge in [-0.2, -0.15) is 5.10 Å². The van der Waals surface area contributed by atoms with Crippen LogP contribution in [0.2, 0.25) is 0 Å². The molecule has 5 nitrogen and oxygen atoms in total. The molecule has 1 heterocycles. The number of aromatic hydroxyl groups is 1. The third-order valence-corrected chi connectivity index (χ3v) is 5.20. The molecular formula is C22H22BrN3O2. The maximum absolute atomic E-state index is 12.3. The Kier molecular flexibility index (Phi) is 5.70. The summed E-state index contributed by atoms with van der Waals surface area (Å²) in [5, 5.41) is 13.9. The molecule has 0 saturated heterocycles. The Morgan fingerprint density at radius 3 is 2.46 bits per heavy atom. The second kappa shape index (κ2) is 8.02. The number of amides is 1. The van der Waals surface area contributed by atoms with E-state index < -0.39 is 5.91 Å². The second-order valence-electron chi connectivity index (χ2n) is 6.76. The Morgan fingerprint density at radius 2 is 1.79 bits per heavy atom. The first-order valence-corrected chi connectivity index (χ1v) is 9.66. The SMILES string of the molecule is Cc1cccc(C)c1-n1c(C)cc(/C=N\NC(=O)c2cc(Br)ccc2O)c1C. The molecule has 0 aliphatic carbocycles. The van der Waals surface area contributed by atoms with Crippen LogP contribution in [-0.2, 0) is 0 Å². The van der Waals surface area contributed by atoms with Gasteiger partial charge in [-0.25, -0.2) is 5.43 Å². The van der Waals surface area contributed by atoms with E-state index >= 15 is 0 Å². The Morgan fingerprint density at radius 1 is 1.11 bits per heavy atom. The molecule has 0 spiro atoms. The number of hydrogen-bond donors (Lipinski definition) is 2. The van der Waals surface area contributed by atoms with E-state index in [9.17, 15) is 9.90 Å². The summed E-state index contributed by atoms with van der Waals surface area (Å²) < 4.78 is 2.91. The zero-order valence-electron chi connectivity index (χ0n) is 16.2. The lowest BCUT2D eigenvalue weighted by atomic mass is 10.1. The van der Waals surface area contributed by atoms with Crippen LogP contribution < -0.4 is 5.43 Å². The van der Waals surface area contributed by atoms with E-state index in [-0.39, 0.29) is 11.3 Å². The number of nitrogens with one attached hydrogen (secondary N) is 1. The summed E-state index contributed by atoms with van der Waals surface area (Å²) in [7, 11) is 0. The van der Waals surface area contributed by atoms with Gasteiger partial charge >= 0.3 is 0 Å². The van der Waals surface area contributed by atoms with E-state index in [0.717, 1.165) is 17.0 Å². The largest absolute Gasteiger partial charge is 0.507 e. The van der Waals surface area contributed by atoms with Crippen molar-refractivity contribution in [2.24, 2.45) is 5.10 Å². The van der Waals surface area contributed by atoms with Crippen LogP contribution in [0.15, 0.2) is 52.0 Å². The van der Waals surface area contributed by atoms with Gasteiger partial charge in [-0.05, 0) is 63.1 Å². The van der Waals surface area contributed by atoms with Gasteiger partial charge in [0.2, 0.25) is 0 Å². The van der Waals surface area contributed by atoms with Crippen molar-refractivity contribution in [2.75, 3.05) is 0 Å². The van der Waals surface area contributed by atoms with Gasteiger partial charge in [0.05, 0.1) is 17.5 Å². The van der Waals surface area contributed by atoms with Crippen molar-refractivity contribution in [1.29, 1.82) is 0 Å². The number of benzene rings is 2. The quantitative estimate of drug-likeness (QED) is 0.446. The maximum atomic E-state index is 12.3. The standard InChI is InChI=1S/C22H22BrN3O2/c1-13-6-5-7-14(2)21(13)26-15(3)10-17(16(26)4)12-24-25-22(28)19-11-18(23)8-9-20(19)27/h5-12,27H,1-4H3,(H,25,28)/b24-12-. The van der Waals surface area contributed by atoms with E-state index in [1.54, 1.807) is 18.3 Å².